The quantitative estimate of drug-likeness (QED) is 0.734. The second kappa shape index (κ2) is 8.02. The van der Waals surface area contributed by atoms with Gasteiger partial charge in [0.2, 0.25) is 5.91 Å². The van der Waals surface area contributed by atoms with Gasteiger partial charge in [-0.1, -0.05) is 0 Å². The van der Waals surface area contributed by atoms with Crippen LogP contribution in [-0.4, -0.2) is 54.1 Å². The molecule has 2 aliphatic rings. The van der Waals surface area contributed by atoms with Crippen LogP contribution in [0.5, 0.6) is 0 Å². The van der Waals surface area contributed by atoms with Crippen molar-refractivity contribution < 1.29 is 18.7 Å². The van der Waals surface area contributed by atoms with Crippen molar-refractivity contribution in [3.05, 3.63) is 40.9 Å². The van der Waals surface area contributed by atoms with Crippen molar-refractivity contribution in [1.29, 1.82) is 0 Å². The maximum Gasteiger partial charge on any atom is 0.414 e. The molecule has 2 saturated heterocycles. The topological polar surface area (TPSA) is 79.7 Å². The van der Waals surface area contributed by atoms with E-state index in [0.29, 0.717) is 17.9 Å². The fraction of sp³-hybridized carbons (Fsp3) is 0.421. The Labute approximate surface area is 175 Å². The minimum Gasteiger partial charge on any atom is -0.442 e. The number of nitrogens with zero attached hydrogens (tertiary/aromatic N) is 4. The van der Waals surface area contributed by atoms with Gasteiger partial charge in [-0.2, -0.15) is 5.10 Å². The summed E-state index contributed by atoms with van der Waals surface area (Å²) in [5, 5.41) is 6.94. The fourth-order valence-electron chi connectivity index (χ4n) is 3.71. The number of hydrogen-bond acceptors (Lipinski definition) is 5. The first kappa shape index (κ1) is 19.7. The summed E-state index contributed by atoms with van der Waals surface area (Å²) in [4.78, 5) is 26.5. The van der Waals surface area contributed by atoms with Gasteiger partial charge in [0.15, 0.2) is 0 Å². The summed E-state index contributed by atoms with van der Waals surface area (Å²) >= 11 is 3.40. The molecule has 0 saturated carbocycles. The maximum absolute atomic E-state index is 14.9. The van der Waals surface area contributed by atoms with Crippen molar-refractivity contribution >= 4 is 39.3 Å². The highest BCUT2D eigenvalue weighted by molar-refractivity contribution is 9.10. The van der Waals surface area contributed by atoms with Gasteiger partial charge in [-0.3, -0.25) is 14.4 Å². The van der Waals surface area contributed by atoms with Gasteiger partial charge in [0, 0.05) is 26.2 Å². The standard InChI is InChI=1S/C19H21BrFN5O3/c1-12(27)22-8-16-11-25(19(28)29-16)14-2-3-18(17(21)6-14)24-5-4-15(10-24)26-9-13(20)7-23-26/h2-3,6-7,9,15-16H,4-5,8,10-11H2,1H3,(H,22,27)/t15?,16-/m0/s1. The van der Waals surface area contributed by atoms with Crippen LogP contribution < -0.4 is 15.1 Å². The molecule has 2 fully saturated rings. The highest BCUT2D eigenvalue weighted by Crippen LogP contribution is 2.32. The molecule has 1 aromatic carbocycles. The third kappa shape index (κ3) is 4.21. The zero-order chi connectivity index (χ0) is 20.5. The number of cyclic esters (lactones) is 1. The van der Waals surface area contributed by atoms with E-state index in [2.05, 4.69) is 26.3 Å². The number of aromatic nitrogens is 2. The van der Waals surface area contributed by atoms with Crippen LogP contribution in [0.1, 0.15) is 19.4 Å². The number of carbonyl (C=O) groups excluding carboxylic acids is 2. The highest BCUT2D eigenvalue weighted by Gasteiger charge is 2.33. The lowest BCUT2D eigenvalue weighted by Crippen LogP contribution is -2.33. The van der Waals surface area contributed by atoms with E-state index in [1.54, 1.807) is 18.3 Å². The Hall–Kier alpha value is -2.62. The van der Waals surface area contributed by atoms with Gasteiger partial charge >= 0.3 is 6.09 Å². The summed E-state index contributed by atoms with van der Waals surface area (Å²) in [5.41, 5.74) is 0.943. The molecule has 0 aliphatic carbocycles. The third-order valence-corrected chi connectivity index (χ3v) is 5.55. The van der Waals surface area contributed by atoms with E-state index in [-0.39, 0.29) is 30.9 Å². The van der Waals surface area contributed by atoms with Gasteiger partial charge in [-0.15, -0.1) is 0 Å². The minimum absolute atomic E-state index is 0.184. The van der Waals surface area contributed by atoms with Gasteiger partial charge in [0.1, 0.15) is 11.9 Å². The molecule has 4 rings (SSSR count). The van der Waals surface area contributed by atoms with Crippen molar-refractivity contribution in [3.63, 3.8) is 0 Å². The van der Waals surface area contributed by atoms with E-state index < -0.39 is 12.2 Å². The van der Waals surface area contributed by atoms with Crippen LogP contribution >= 0.6 is 15.9 Å². The molecule has 1 unspecified atom stereocenters. The van der Waals surface area contributed by atoms with Crippen LogP contribution in [0.25, 0.3) is 0 Å². The van der Waals surface area contributed by atoms with Crippen molar-refractivity contribution in [2.24, 2.45) is 0 Å². The number of anilines is 2. The Balaban J connectivity index is 1.43. The molecule has 154 valence electrons. The first-order chi connectivity index (χ1) is 13.9. The van der Waals surface area contributed by atoms with Crippen LogP contribution in [0.2, 0.25) is 0 Å². The van der Waals surface area contributed by atoms with Crippen LogP contribution in [0, 0.1) is 5.82 Å². The smallest absolute Gasteiger partial charge is 0.414 e. The number of nitrogens with one attached hydrogen (secondary N) is 1. The van der Waals surface area contributed by atoms with E-state index in [4.69, 9.17) is 4.74 Å². The zero-order valence-corrected chi connectivity index (χ0v) is 17.4. The predicted molar refractivity (Wildman–Crippen MR) is 108 cm³/mol. The molecule has 0 radical (unpaired) electrons. The van der Waals surface area contributed by atoms with Crippen LogP contribution in [-0.2, 0) is 9.53 Å². The molecule has 0 spiro atoms. The van der Waals surface area contributed by atoms with E-state index in [0.717, 1.165) is 17.4 Å². The first-order valence-electron chi connectivity index (χ1n) is 9.37. The molecular formula is C19H21BrFN5O3. The van der Waals surface area contributed by atoms with Gasteiger partial charge in [-0.25, -0.2) is 9.18 Å². The molecule has 2 aliphatic heterocycles. The van der Waals surface area contributed by atoms with Crippen molar-refractivity contribution in [2.45, 2.75) is 25.5 Å². The molecule has 2 amide bonds. The molecule has 0 bridgehead atoms. The lowest BCUT2D eigenvalue weighted by Gasteiger charge is -2.21. The van der Waals surface area contributed by atoms with Crippen LogP contribution in [0.3, 0.4) is 0 Å². The number of amides is 2. The van der Waals surface area contributed by atoms with E-state index >= 15 is 0 Å². The average molecular weight is 466 g/mol. The van der Waals surface area contributed by atoms with Crippen molar-refractivity contribution in [2.75, 3.05) is 36.0 Å². The number of ether oxygens (including phenoxy) is 1. The predicted octanol–water partition coefficient (Wildman–Crippen LogP) is 2.70. The molecule has 1 N–H and O–H groups in total. The van der Waals surface area contributed by atoms with Crippen LogP contribution in [0.15, 0.2) is 35.1 Å². The Morgan fingerprint density at radius 1 is 1.41 bits per heavy atom. The van der Waals surface area contributed by atoms with E-state index in [1.165, 1.54) is 17.9 Å². The number of benzene rings is 1. The molecule has 8 nitrogen and oxygen atoms in total. The lowest BCUT2D eigenvalue weighted by atomic mass is 10.2. The van der Waals surface area contributed by atoms with Gasteiger partial charge in [0.05, 0.1) is 41.2 Å². The summed E-state index contributed by atoms with van der Waals surface area (Å²) in [6, 6.07) is 4.96. The maximum atomic E-state index is 14.9. The largest absolute Gasteiger partial charge is 0.442 e. The Morgan fingerprint density at radius 2 is 2.24 bits per heavy atom. The fourth-order valence-corrected chi connectivity index (χ4v) is 4.01. The first-order valence-corrected chi connectivity index (χ1v) is 10.2. The minimum atomic E-state index is -0.544. The van der Waals surface area contributed by atoms with Gasteiger partial charge < -0.3 is 15.0 Å². The Bertz CT molecular complexity index is 936. The normalized spacial score (nSPS) is 21.6. The average Bonchev–Trinajstić information content (AvgIpc) is 3.39. The van der Waals surface area contributed by atoms with Crippen LogP contribution in [0.4, 0.5) is 20.6 Å². The van der Waals surface area contributed by atoms with E-state index in [9.17, 15) is 14.0 Å². The monoisotopic (exact) mass is 465 g/mol. The Morgan fingerprint density at radius 3 is 2.93 bits per heavy atom. The molecule has 3 heterocycles. The second-order valence-electron chi connectivity index (χ2n) is 7.22. The zero-order valence-electron chi connectivity index (χ0n) is 15.8. The number of hydrogen-bond donors (Lipinski definition) is 1. The molecule has 10 heteroatoms. The summed E-state index contributed by atoms with van der Waals surface area (Å²) in [6.07, 6.45) is 3.54. The van der Waals surface area contributed by atoms with Crippen molar-refractivity contribution in [1.82, 2.24) is 15.1 Å². The molecule has 2 aromatic rings. The number of halogens is 2. The summed E-state index contributed by atoms with van der Waals surface area (Å²) < 4.78 is 22.9. The Kier molecular flexibility index (Phi) is 5.44. The van der Waals surface area contributed by atoms with Gasteiger partial charge in [-0.05, 0) is 40.5 Å². The SMILES string of the molecule is CC(=O)NC[C@H]1CN(c2ccc(N3CCC(n4cc(Br)cn4)C3)c(F)c2)C(=O)O1. The number of carbonyl (C=O) groups is 2. The lowest BCUT2D eigenvalue weighted by molar-refractivity contribution is -0.119. The molecular weight excluding hydrogens is 445 g/mol. The molecule has 1 aromatic heterocycles. The second-order valence-corrected chi connectivity index (χ2v) is 8.13. The summed E-state index contributed by atoms with van der Waals surface area (Å²) in [7, 11) is 0. The van der Waals surface area contributed by atoms with E-state index in [1.807, 2.05) is 15.8 Å². The molecule has 29 heavy (non-hydrogen) atoms. The number of rotatable bonds is 5. The molecule has 2 atom stereocenters. The highest BCUT2D eigenvalue weighted by atomic mass is 79.9. The van der Waals surface area contributed by atoms with Crippen molar-refractivity contribution in [3.8, 4) is 0 Å². The third-order valence-electron chi connectivity index (χ3n) is 5.14. The van der Waals surface area contributed by atoms with Gasteiger partial charge in [0.25, 0.3) is 0 Å². The summed E-state index contributed by atoms with van der Waals surface area (Å²) in [5.74, 6) is -0.579. The summed E-state index contributed by atoms with van der Waals surface area (Å²) in [6.45, 7) is 3.28.